The lowest BCUT2D eigenvalue weighted by molar-refractivity contribution is 0.538. The summed E-state index contributed by atoms with van der Waals surface area (Å²) in [5.74, 6) is 0.944. The zero-order valence-corrected chi connectivity index (χ0v) is 11.2. The van der Waals surface area contributed by atoms with Crippen LogP contribution in [0.25, 0.3) is 0 Å². The molecular formula is C16H24N2. The average molecular weight is 244 g/mol. The number of rotatable bonds is 4. The van der Waals surface area contributed by atoms with Crippen molar-refractivity contribution in [3.8, 4) is 0 Å². The van der Waals surface area contributed by atoms with Crippen molar-refractivity contribution in [1.29, 1.82) is 0 Å². The highest BCUT2D eigenvalue weighted by molar-refractivity contribution is 5.59. The number of benzene rings is 1. The van der Waals surface area contributed by atoms with Gasteiger partial charge in [-0.1, -0.05) is 25.0 Å². The Morgan fingerprint density at radius 2 is 2.06 bits per heavy atom. The lowest BCUT2D eigenvalue weighted by atomic mass is 10.1. The summed E-state index contributed by atoms with van der Waals surface area (Å²) in [6.45, 7) is 3.26. The number of hydrogen-bond acceptors (Lipinski definition) is 2. The molecule has 1 heterocycles. The molecule has 2 aliphatic rings. The normalized spacial score (nSPS) is 19.5. The largest absolute Gasteiger partial charge is 0.371 e. The summed E-state index contributed by atoms with van der Waals surface area (Å²) in [7, 11) is 0. The highest BCUT2D eigenvalue weighted by Crippen LogP contribution is 2.33. The predicted molar refractivity (Wildman–Crippen MR) is 77.1 cm³/mol. The van der Waals surface area contributed by atoms with Crippen molar-refractivity contribution in [1.82, 2.24) is 0 Å². The number of anilines is 1. The number of nitrogens with two attached hydrogens (primary N) is 1. The van der Waals surface area contributed by atoms with Gasteiger partial charge in [0.2, 0.25) is 0 Å². The lowest BCUT2D eigenvalue weighted by Gasteiger charge is -2.23. The highest BCUT2D eigenvalue weighted by atomic mass is 15.1. The molecule has 0 radical (unpaired) electrons. The van der Waals surface area contributed by atoms with Crippen molar-refractivity contribution in [2.24, 2.45) is 11.7 Å². The number of hydrogen-bond donors (Lipinski definition) is 1. The molecule has 0 aromatic heterocycles. The molecule has 0 unspecified atom stereocenters. The Hall–Kier alpha value is -1.02. The molecule has 2 nitrogen and oxygen atoms in total. The van der Waals surface area contributed by atoms with E-state index in [9.17, 15) is 0 Å². The van der Waals surface area contributed by atoms with Crippen LogP contribution in [0.15, 0.2) is 18.2 Å². The first-order valence-corrected chi connectivity index (χ1v) is 7.43. The van der Waals surface area contributed by atoms with E-state index in [1.165, 1.54) is 56.4 Å². The third kappa shape index (κ3) is 2.39. The van der Waals surface area contributed by atoms with E-state index in [0.717, 1.165) is 18.9 Å². The second-order valence-corrected chi connectivity index (χ2v) is 5.85. The molecule has 3 rings (SSSR count). The molecule has 1 aliphatic heterocycles. The van der Waals surface area contributed by atoms with E-state index in [1.54, 1.807) is 5.56 Å². The van der Waals surface area contributed by atoms with Crippen LogP contribution in [0.2, 0.25) is 0 Å². The molecular weight excluding hydrogens is 220 g/mol. The van der Waals surface area contributed by atoms with Gasteiger partial charge in [0, 0.05) is 18.8 Å². The van der Waals surface area contributed by atoms with Crippen LogP contribution in [-0.2, 0) is 12.8 Å². The van der Waals surface area contributed by atoms with Gasteiger partial charge in [-0.3, -0.25) is 0 Å². The molecule has 0 spiro atoms. The first-order valence-electron chi connectivity index (χ1n) is 7.43. The first-order chi connectivity index (χ1) is 8.86. The van der Waals surface area contributed by atoms with Crippen LogP contribution in [0, 0.1) is 5.92 Å². The molecule has 0 saturated heterocycles. The monoisotopic (exact) mass is 244 g/mol. The summed E-state index contributed by atoms with van der Waals surface area (Å²) in [5.41, 5.74) is 10.1. The molecule has 1 aromatic carbocycles. The molecule has 1 fully saturated rings. The Morgan fingerprint density at radius 1 is 1.22 bits per heavy atom. The third-order valence-corrected chi connectivity index (χ3v) is 4.52. The van der Waals surface area contributed by atoms with Gasteiger partial charge in [0.15, 0.2) is 0 Å². The molecule has 18 heavy (non-hydrogen) atoms. The van der Waals surface area contributed by atoms with Crippen LogP contribution < -0.4 is 10.6 Å². The Labute approximate surface area is 110 Å². The van der Waals surface area contributed by atoms with Gasteiger partial charge in [0.1, 0.15) is 0 Å². The van der Waals surface area contributed by atoms with E-state index in [0.29, 0.717) is 0 Å². The van der Waals surface area contributed by atoms with E-state index in [4.69, 9.17) is 5.73 Å². The van der Waals surface area contributed by atoms with E-state index >= 15 is 0 Å². The standard InChI is InChI=1S/C16H24N2/c17-9-7-13-5-6-16-15(11-13)8-10-18(16)12-14-3-1-2-4-14/h5-6,11,14H,1-4,7-10,12,17H2. The van der Waals surface area contributed by atoms with Crippen LogP contribution in [0.3, 0.4) is 0 Å². The second-order valence-electron chi connectivity index (χ2n) is 5.85. The quantitative estimate of drug-likeness (QED) is 0.882. The Kier molecular flexibility index (Phi) is 3.55. The minimum absolute atomic E-state index is 0.755. The van der Waals surface area contributed by atoms with E-state index in [1.807, 2.05) is 0 Å². The van der Waals surface area contributed by atoms with Crippen LogP contribution in [0.5, 0.6) is 0 Å². The summed E-state index contributed by atoms with van der Waals surface area (Å²) in [4.78, 5) is 2.61. The van der Waals surface area contributed by atoms with Gasteiger partial charge in [-0.2, -0.15) is 0 Å². The lowest BCUT2D eigenvalue weighted by Crippen LogP contribution is -2.26. The fourth-order valence-corrected chi connectivity index (χ4v) is 3.54. The van der Waals surface area contributed by atoms with Crippen molar-refractivity contribution in [3.05, 3.63) is 29.3 Å². The smallest absolute Gasteiger partial charge is 0.0399 e. The van der Waals surface area contributed by atoms with Gasteiger partial charge < -0.3 is 10.6 Å². The van der Waals surface area contributed by atoms with Crippen LogP contribution in [0.1, 0.15) is 36.8 Å². The SMILES string of the molecule is NCCc1ccc2c(c1)CCN2CC1CCCC1. The van der Waals surface area contributed by atoms with Crippen LogP contribution >= 0.6 is 0 Å². The van der Waals surface area contributed by atoms with E-state index in [2.05, 4.69) is 23.1 Å². The minimum atomic E-state index is 0.755. The molecule has 1 saturated carbocycles. The maximum atomic E-state index is 5.63. The molecule has 0 atom stereocenters. The maximum absolute atomic E-state index is 5.63. The minimum Gasteiger partial charge on any atom is -0.371 e. The number of fused-ring (bicyclic) bond motifs is 1. The maximum Gasteiger partial charge on any atom is 0.0399 e. The van der Waals surface area contributed by atoms with Crippen molar-refractivity contribution in [2.75, 3.05) is 24.5 Å². The third-order valence-electron chi connectivity index (χ3n) is 4.52. The topological polar surface area (TPSA) is 29.3 Å². The van der Waals surface area contributed by atoms with Crippen molar-refractivity contribution in [3.63, 3.8) is 0 Å². The Morgan fingerprint density at radius 3 is 2.83 bits per heavy atom. The fourth-order valence-electron chi connectivity index (χ4n) is 3.54. The first kappa shape index (κ1) is 12.0. The van der Waals surface area contributed by atoms with Crippen molar-refractivity contribution < 1.29 is 0 Å². The zero-order valence-electron chi connectivity index (χ0n) is 11.2. The molecule has 1 aromatic rings. The van der Waals surface area contributed by atoms with Crippen molar-refractivity contribution >= 4 is 5.69 Å². The fraction of sp³-hybridized carbons (Fsp3) is 0.625. The van der Waals surface area contributed by atoms with Crippen LogP contribution in [-0.4, -0.2) is 19.6 Å². The van der Waals surface area contributed by atoms with Gasteiger partial charge >= 0.3 is 0 Å². The van der Waals surface area contributed by atoms with Gasteiger partial charge in [-0.05, 0) is 55.3 Å². The molecule has 2 heteroatoms. The zero-order chi connectivity index (χ0) is 12.4. The number of nitrogens with zero attached hydrogens (tertiary/aromatic N) is 1. The molecule has 98 valence electrons. The summed E-state index contributed by atoms with van der Waals surface area (Å²) in [6.07, 6.45) is 8.01. The second kappa shape index (κ2) is 5.31. The van der Waals surface area contributed by atoms with Crippen molar-refractivity contribution in [2.45, 2.75) is 38.5 Å². The van der Waals surface area contributed by atoms with E-state index < -0.39 is 0 Å². The molecule has 0 bridgehead atoms. The van der Waals surface area contributed by atoms with Gasteiger partial charge in [0.25, 0.3) is 0 Å². The van der Waals surface area contributed by atoms with Gasteiger partial charge in [0.05, 0.1) is 0 Å². The molecule has 1 aliphatic carbocycles. The molecule has 2 N–H and O–H groups in total. The Balaban J connectivity index is 1.71. The predicted octanol–water partition coefficient (Wildman–Crippen LogP) is 2.74. The summed E-state index contributed by atoms with van der Waals surface area (Å²) >= 11 is 0. The summed E-state index contributed by atoms with van der Waals surface area (Å²) in [6, 6.07) is 6.96. The van der Waals surface area contributed by atoms with Gasteiger partial charge in [-0.25, -0.2) is 0 Å². The Bertz CT molecular complexity index is 408. The summed E-state index contributed by atoms with van der Waals surface area (Å²) in [5, 5.41) is 0. The van der Waals surface area contributed by atoms with Crippen LogP contribution in [0.4, 0.5) is 5.69 Å². The highest BCUT2D eigenvalue weighted by Gasteiger charge is 2.23. The summed E-state index contributed by atoms with van der Waals surface area (Å²) < 4.78 is 0. The average Bonchev–Trinajstić information content (AvgIpc) is 3.00. The van der Waals surface area contributed by atoms with Gasteiger partial charge in [-0.15, -0.1) is 0 Å². The molecule has 0 amide bonds. The van der Waals surface area contributed by atoms with E-state index in [-0.39, 0.29) is 0 Å².